The minimum Gasteiger partial charge on any atom is -0.492 e. The molecule has 2 fully saturated rings. The Balaban J connectivity index is 1.42. The second kappa shape index (κ2) is 9.69. The van der Waals surface area contributed by atoms with E-state index in [-0.39, 0.29) is 29.5 Å². The maximum atomic E-state index is 13.0. The second-order valence-electron chi connectivity index (χ2n) is 9.82. The van der Waals surface area contributed by atoms with Gasteiger partial charge >= 0.3 is 6.03 Å². The first-order valence-corrected chi connectivity index (χ1v) is 12.5. The van der Waals surface area contributed by atoms with E-state index in [4.69, 9.17) is 4.74 Å². The van der Waals surface area contributed by atoms with Gasteiger partial charge in [0.05, 0.1) is 29.8 Å². The van der Waals surface area contributed by atoms with E-state index in [1.54, 1.807) is 42.0 Å². The largest absolute Gasteiger partial charge is 0.492 e. The number of aromatic nitrogens is 4. The number of fused-ring (bicyclic) bond motifs is 1. The van der Waals surface area contributed by atoms with E-state index >= 15 is 0 Å². The summed E-state index contributed by atoms with van der Waals surface area (Å²) in [7, 11) is 1.76. The van der Waals surface area contributed by atoms with Crippen LogP contribution in [0.25, 0.3) is 10.9 Å². The lowest BCUT2D eigenvalue weighted by molar-refractivity contribution is 0.229. The molecule has 1 saturated carbocycles. The van der Waals surface area contributed by atoms with Crippen LogP contribution in [0.3, 0.4) is 0 Å². The van der Waals surface area contributed by atoms with Crippen LogP contribution in [-0.2, 0) is 0 Å². The van der Waals surface area contributed by atoms with Crippen LogP contribution in [0.1, 0.15) is 56.1 Å². The smallest absolute Gasteiger partial charge is 0.327 e. The zero-order valence-corrected chi connectivity index (χ0v) is 21.4. The number of benzene rings is 1. The van der Waals surface area contributed by atoms with Gasteiger partial charge in [-0.1, -0.05) is 6.92 Å². The number of nitriles is 1. The number of nitrogens with one attached hydrogen (secondary N) is 2. The summed E-state index contributed by atoms with van der Waals surface area (Å²) in [6, 6.07) is 6.76. The summed E-state index contributed by atoms with van der Waals surface area (Å²) in [4.78, 5) is 45.2. The molecule has 2 aliphatic rings. The van der Waals surface area contributed by atoms with Crippen LogP contribution < -0.4 is 20.5 Å². The van der Waals surface area contributed by atoms with Crippen LogP contribution in [0.5, 0.6) is 5.75 Å². The number of hydrogen-bond acceptors (Lipinski definition) is 8. The fraction of sp³-hybridized carbons (Fsp3) is 0.462. The molecule has 1 aliphatic carbocycles. The first kappa shape index (κ1) is 24.5. The molecule has 2 aromatic heterocycles. The van der Waals surface area contributed by atoms with Crippen molar-refractivity contribution in [1.82, 2.24) is 24.8 Å². The molecule has 5 rings (SSSR count). The molecule has 37 heavy (non-hydrogen) atoms. The Hall–Kier alpha value is -4.20. The lowest BCUT2D eigenvalue weighted by Crippen LogP contribution is -2.36. The number of urea groups is 1. The third-order valence-electron chi connectivity index (χ3n) is 6.88. The zero-order chi connectivity index (χ0) is 26.3. The molecule has 11 nitrogen and oxygen atoms in total. The molecular weight excluding hydrogens is 472 g/mol. The van der Waals surface area contributed by atoms with E-state index in [0.29, 0.717) is 47.3 Å². The molecule has 0 unspecified atom stereocenters. The van der Waals surface area contributed by atoms with Gasteiger partial charge in [0, 0.05) is 30.6 Å². The first-order chi connectivity index (χ1) is 17.8. The molecule has 0 spiro atoms. The second-order valence-corrected chi connectivity index (χ2v) is 9.82. The summed E-state index contributed by atoms with van der Waals surface area (Å²) in [5, 5.41) is 13.5. The Morgan fingerprint density at radius 1 is 1.24 bits per heavy atom. The fourth-order valence-corrected chi connectivity index (χ4v) is 4.56. The van der Waals surface area contributed by atoms with Gasteiger partial charge < -0.3 is 19.9 Å². The summed E-state index contributed by atoms with van der Waals surface area (Å²) in [6.07, 6.45) is 3.06. The van der Waals surface area contributed by atoms with Gasteiger partial charge in [0.1, 0.15) is 17.6 Å². The summed E-state index contributed by atoms with van der Waals surface area (Å²) >= 11 is 0. The number of H-pyrrole nitrogens is 1. The number of ether oxygens (including phenoxy) is 1. The predicted molar refractivity (Wildman–Crippen MR) is 139 cm³/mol. The van der Waals surface area contributed by atoms with E-state index in [2.05, 4.69) is 31.3 Å². The quantitative estimate of drug-likeness (QED) is 0.477. The maximum absolute atomic E-state index is 13.0. The van der Waals surface area contributed by atoms with Crippen molar-refractivity contribution in [3.8, 4) is 11.8 Å². The lowest BCUT2D eigenvalue weighted by atomic mass is 10.1. The number of likely N-dealkylation sites (N-methyl/N-ethyl adjacent to an activating group) is 1. The van der Waals surface area contributed by atoms with Gasteiger partial charge in [-0.25, -0.2) is 4.79 Å². The van der Waals surface area contributed by atoms with Crippen molar-refractivity contribution < 1.29 is 9.53 Å². The molecule has 11 heteroatoms. The molecule has 1 aliphatic heterocycles. The van der Waals surface area contributed by atoms with E-state index < -0.39 is 6.04 Å². The average molecular weight is 503 g/mol. The number of hydrogen-bond donors (Lipinski definition) is 2. The number of pyridine rings is 1. The molecule has 1 saturated heterocycles. The maximum Gasteiger partial charge on any atom is 0.327 e. The molecule has 3 heterocycles. The monoisotopic (exact) mass is 502 g/mol. The normalized spacial score (nSPS) is 18.2. The molecule has 2 atom stereocenters. The molecule has 3 aromatic rings. The van der Waals surface area contributed by atoms with Gasteiger partial charge in [-0.15, -0.1) is 0 Å². The van der Waals surface area contributed by atoms with Crippen molar-refractivity contribution in [3.63, 3.8) is 0 Å². The Morgan fingerprint density at radius 2 is 2.03 bits per heavy atom. The van der Waals surface area contributed by atoms with Crippen LogP contribution in [0, 0.1) is 24.2 Å². The van der Waals surface area contributed by atoms with Gasteiger partial charge in [0.15, 0.2) is 0 Å². The molecular formula is C26H30N8O3. The molecule has 192 valence electrons. The molecule has 1 aromatic carbocycles. The van der Waals surface area contributed by atoms with Crippen LogP contribution in [0.2, 0.25) is 0 Å². The summed E-state index contributed by atoms with van der Waals surface area (Å²) in [5.41, 5.74) is 1.23. The molecule has 2 N–H and O–H groups in total. The van der Waals surface area contributed by atoms with Gasteiger partial charge in [-0.05, 0) is 51.2 Å². The van der Waals surface area contributed by atoms with Gasteiger partial charge in [-0.2, -0.15) is 20.2 Å². The van der Waals surface area contributed by atoms with Crippen molar-refractivity contribution in [3.05, 3.63) is 45.5 Å². The van der Waals surface area contributed by atoms with Crippen molar-refractivity contribution >= 4 is 28.8 Å². The minimum absolute atomic E-state index is 0.0274. The van der Waals surface area contributed by atoms with E-state index in [1.165, 1.54) is 0 Å². The topological polar surface area (TPSA) is 140 Å². The lowest BCUT2D eigenvalue weighted by Gasteiger charge is -2.21. The van der Waals surface area contributed by atoms with Crippen molar-refractivity contribution in [2.24, 2.45) is 5.92 Å². The van der Waals surface area contributed by atoms with Crippen LogP contribution >= 0.6 is 0 Å². The van der Waals surface area contributed by atoms with Crippen LogP contribution in [0.4, 0.5) is 16.7 Å². The zero-order valence-electron chi connectivity index (χ0n) is 21.4. The summed E-state index contributed by atoms with van der Waals surface area (Å²) in [6.45, 7) is 6.77. The minimum atomic E-state index is -0.460. The highest BCUT2D eigenvalue weighted by Crippen LogP contribution is 2.32. The molecule has 0 bridgehead atoms. The van der Waals surface area contributed by atoms with Crippen molar-refractivity contribution in [2.45, 2.75) is 52.1 Å². The first-order valence-electron chi connectivity index (χ1n) is 12.5. The number of aromatic amines is 1. The van der Waals surface area contributed by atoms with Crippen LogP contribution in [0.15, 0.2) is 23.0 Å². The van der Waals surface area contributed by atoms with Crippen molar-refractivity contribution in [2.75, 3.05) is 30.4 Å². The number of carbonyl (C=O) groups is 1. The number of nitrogens with zero attached hydrogens (tertiary/aromatic N) is 6. The van der Waals surface area contributed by atoms with Gasteiger partial charge in [0.25, 0.3) is 5.56 Å². The highest BCUT2D eigenvalue weighted by atomic mass is 16.5. The number of aryl methyl sites for hydroxylation is 1. The molecule has 0 radical (unpaired) electrons. The van der Waals surface area contributed by atoms with Crippen LogP contribution in [-0.4, -0.2) is 57.1 Å². The number of amides is 2. The Bertz CT molecular complexity index is 1460. The fourth-order valence-electron chi connectivity index (χ4n) is 4.56. The third-order valence-corrected chi connectivity index (χ3v) is 6.88. The number of anilines is 2. The Labute approximate surface area is 214 Å². The van der Waals surface area contributed by atoms with Crippen molar-refractivity contribution in [1.29, 1.82) is 5.26 Å². The Kier molecular flexibility index (Phi) is 6.41. The number of carbonyl (C=O) groups excluding carboxylic acids is 1. The van der Waals surface area contributed by atoms with E-state index in [9.17, 15) is 14.9 Å². The summed E-state index contributed by atoms with van der Waals surface area (Å²) in [5.74, 6) is 2.05. The molecule has 2 amide bonds. The highest BCUT2D eigenvalue weighted by Gasteiger charge is 2.37. The average Bonchev–Trinajstić information content (AvgIpc) is 3.65. The summed E-state index contributed by atoms with van der Waals surface area (Å²) < 4.78 is 5.84. The standard InChI is InChI=1S/C26H30N8O3/c1-5-19-12-33(4)26(36)34(19)25-30-15(3)29-24(32-25)28-14(2)20-9-17-8-18(11-27)22(37-13-16-6-7-16)10-21(17)31-23(20)35/h8-10,14,16,19H,5-7,12-13H2,1-4H3,(H,31,35)(H,28,29,30,32)/t14-,19-/m0/s1. The predicted octanol–water partition coefficient (Wildman–Crippen LogP) is 3.51. The SMILES string of the molecule is CC[C@H]1CN(C)C(=O)N1c1nc(C)nc(N[C@@H](C)c2cc3cc(C#N)c(OCC4CC4)cc3[nH]c2=O)n1. The highest BCUT2D eigenvalue weighted by molar-refractivity contribution is 5.93. The van der Waals surface area contributed by atoms with E-state index in [1.807, 2.05) is 13.8 Å². The number of rotatable bonds is 8. The van der Waals surface area contributed by atoms with E-state index in [0.717, 1.165) is 24.6 Å². The van der Waals surface area contributed by atoms with Gasteiger partial charge in [0.2, 0.25) is 11.9 Å². The Morgan fingerprint density at radius 3 is 2.73 bits per heavy atom. The van der Waals surface area contributed by atoms with Gasteiger partial charge in [-0.3, -0.25) is 9.69 Å². The third kappa shape index (κ3) is 4.91.